The van der Waals surface area contributed by atoms with Crippen molar-refractivity contribution >= 4 is 5.91 Å². The minimum absolute atomic E-state index is 0.0114. The van der Waals surface area contributed by atoms with E-state index in [0.29, 0.717) is 30.7 Å². The summed E-state index contributed by atoms with van der Waals surface area (Å²) in [5, 5.41) is 3.99. The van der Waals surface area contributed by atoms with Crippen molar-refractivity contribution in [2.24, 2.45) is 0 Å². The van der Waals surface area contributed by atoms with Crippen molar-refractivity contribution in [3.63, 3.8) is 0 Å². The van der Waals surface area contributed by atoms with E-state index in [9.17, 15) is 4.79 Å². The van der Waals surface area contributed by atoms with Gasteiger partial charge in [0, 0.05) is 25.2 Å². The summed E-state index contributed by atoms with van der Waals surface area (Å²) in [5.41, 5.74) is 0.476. The second-order valence-electron chi connectivity index (χ2n) is 6.36. The van der Waals surface area contributed by atoms with E-state index in [1.807, 2.05) is 6.07 Å². The first kappa shape index (κ1) is 15.3. The summed E-state index contributed by atoms with van der Waals surface area (Å²) in [7, 11) is 0. The van der Waals surface area contributed by atoms with E-state index in [2.05, 4.69) is 15.1 Å². The molecule has 2 aliphatic rings. The van der Waals surface area contributed by atoms with E-state index >= 15 is 0 Å². The third-order valence-corrected chi connectivity index (χ3v) is 4.42. The molecule has 0 spiro atoms. The molecule has 0 N–H and O–H groups in total. The van der Waals surface area contributed by atoms with Gasteiger partial charge < -0.3 is 14.2 Å². The first-order chi connectivity index (χ1) is 11.8. The second kappa shape index (κ2) is 6.68. The minimum Gasteiger partial charge on any atom is -0.367 e. The zero-order valence-electron chi connectivity index (χ0n) is 13.4. The summed E-state index contributed by atoms with van der Waals surface area (Å²) in [6.45, 7) is 1.61. The van der Waals surface area contributed by atoms with Crippen molar-refractivity contribution in [1.82, 2.24) is 20.0 Å². The Labute approximate surface area is 140 Å². The predicted octanol–water partition coefficient (Wildman–Crippen LogP) is 2.16. The highest BCUT2D eigenvalue weighted by atomic mass is 16.5. The second-order valence-corrected chi connectivity index (χ2v) is 6.36. The molecule has 4 rings (SSSR count). The number of piperidine rings is 1. The van der Waals surface area contributed by atoms with Gasteiger partial charge in [-0.25, -0.2) is 0 Å². The number of aromatic nitrogens is 3. The number of ether oxygens (including phenoxy) is 1. The Morgan fingerprint density at radius 1 is 1.33 bits per heavy atom. The van der Waals surface area contributed by atoms with Gasteiger partial charge in [0.2, 0.25) is 0 Å². The van der Waals surface area contributed by atoms with Gasteiger partial charge >= 0.3 is 0 Å². The van der Waals surface area contributed by atoms with Crippen LogP contribution < -0.4 is 0 Å². The van der Waals surface area contributed by atoms with E-state index in [0.717, 1.165) is 38.1 Å². The van der Waals surface area contributed by atoms with E-state index in [-0.39, 0.29) is 12.0 Å². The molecule has 24 heavy (non-hydrogen) atoms. The molecule has 126 valence electrons. The fraction of sp³-hybridized carbons (Fsp3) is 0.529. The maximum Gasteiger partial charge on any atom is 0.272 e. The van der Waals surface area contributed by atoms with Gasteiger partial charge in [-0.15, -0.1) is 0 Å². The number of carbonyl (C=O) groups is 1. The maximum absolute atomic E-state index is 12.5. The van der Waals surface area contributed by atoms with Crippen LogP contribution in [-0.2, 0) is 11.3 Å². The highest BCUT2D eigenvalue weighted by Gasteiger charge is 2.29. The third-order valence-electron chi connectivity index (χ3n) is 4.42. The number of nitrogens with zero attached hydrogens (tertiary/aromatic N) is 4. The third kappa shape index (κ3) is 3.46. The number of amides is 1. The lowest BCUT2D eigenvalue weighted by atomic mass is 10.1. The molecule has 2 aromatic rings. The van der Waals surface area contributed by atoms with E-state index in [1.54, 1.807) is 23.2 Å². The average molecular weight is 328 g/mol. The molecular formula is C17H20N4O3. The summed E-state index contributed by atoms with van der Waals surface area (Å²) >= 11 is 0. The lowest BCUT2D eigenvalue weighted by Crippen LogP contribution is -2.43. The number of hydrogen-bond acceptors (Lipinski definition) is 6. The van der Waals surface area contributed by atoms with Gasteiger partial charge in [0.15, 0.2) is 5.82 Å². The molecule has 1 saturated carbocycles. The fourth-order valence-electron chi connectivity index (χ4n) is 2.93. The summed E-state index contributed by atoms with van der Waals surface area (Å²) in [6, 6.07) is 5.37. The van der Waals surface area contributed by atoms with Crippen LogP contribution in [0.25, 0.3) is 0 Å². The molecule has 2 fully saturated rings. The van der Waals surface area contributed by atoms with Gasteiger partial charge in [0.05, 0.1) is 6.10 Å². The molecule has 3 heterocycles. The molecular weight excluding hydrogens is 308 g/mol. The topological polar surface area (TPSA) is 81.4 Å². The Hall–Kier alpha value is -2.28. The monoisotopic (exact) mass is 328 g/mol. The van der Waals surface area contributed by atoms with Crippen molar-refractivity contribution in [3.8, 4) is 0 Å². The molecule has 2 aromatic heterocycles. The molecule has 0 unspecified atom stereocenters. The summed E-state index contributed by atoms with van der Waals surface area (Å²) in [6.07, 6.45) is 5.76. The number of carbonyl (C=O) groups excluding carboxylic acids is 1. The molecule has 0 radical (unpaired) electrons. The number of pyridine rings is 1. The van der Waals surface area contributed by atoms with Crippen molar-refractivity contribution < 1.29 is 14.1 Å². The molecule has 1 saturated heterocycles. The predicted molar refractivity (Wildman–Crippen MR) is 84.2 cm³/mol. The largest absolute Gasteiger partial charge is 0.367 e. The number of hydrogen-bond donors (Lipinski definition) is 0. The van der Waals surface area contributed by atoms with Crippen LogP contribution in [0.1, 0.15) is 53.8 Å². The number of likely N-dealkylation sites (tertiary alicyclic amines) is 1. The Morgan fingerprint density at radius 3 is 3.04 bits per heavy atom. The van der Waals surface area contributed by atoms with Crippen molar-refractivity contribution in [2.45, 2.75) is 44.3 Å². The van der Waals surface area contributed by atoms with Crippen molar-refractivity contribution in [3.05, 3.63) is 41.8 Å². The van der Waals surface area contributed by atoms with Gasteiger partial charge in [0.25, 0.3) is 11.8 Å². The van der Waals surface area contributed by atoms with Gasteiger partial charge in [-0.1, -0.05) is 11.2 Å². The summed E-state index contributed by atoms with van der Waals surface area (Å²) in [5.74, 6) is 1.75. The number of rotatable bonds is 5. The van der Waals surface area contributed by atoms with Crippen LogP contribution in [0.5, 0.6) is 0 Å². The average Bonchev–Trinajstić information content (AvgIpc) is 3.39. The SMILES string of the molecule is O=C(c1ccccn1)N1CCC[C@@H](OCc2nc(C3CC3)no2)C1. The Bertz CT molecular complexity index is 699. The summed E-state index contributed by atoms with van der Waals surface area (Å²) in [4.78, 5) is 22.8. The van der Waals surface area contributed by atoms with Gasteiger partial charge in [-0.3, -0.25) is 9.78 Å². The van der Waals surface area contributed by atoms with Gasteiger partial charge in [-0.2, -0.15) is 4.98 Å². The van der Waals surface area contributed by atoms with Crippen LogP contribution in [0, 0.1) is 0 Å². The minimum atomic E-state index is -0.0438. The van der Waals surface area contributed by atoms with E-state index in [1.165, 1.54) is 0 Å². The maximum atomic E-state index is 12.5. The molecule has 1 aliphatic carbocycles. The van der Waals surface area contributed by atoms with Crippen LogP contribution >= 0.6 is 0 Å². The molecule has 1 atom stereocenters. The normalized spacial score (nSPS) is 21.0. The van der Waals surface area contributed by atoms with Crippen LogP contribution in [0.3, 0.4) is 0 Å². The van der Waals surface area contributed by atoms with Crippen LogP contribution in [0.4, 0.5) is 0 Å². The molecule has 1 aliphatic heterocycles. The zero-order valence-corrected chi connectivity index (χ0v) is 13.4. The Morgan fingerprint density at radius 2 is 2.25 bits per heavy atom. The molecule has 1 amide bonds. The fourth-order valence-corrected chi connectivity index (χ4v) is 2.93. The highest BCUT2D eigenvalue weighted by molar-refractivity contribution is 5.92. The molecule has 7 heteroatoms. The first-order valence-electron chi connectivity index (χ1n) is 8.44. The van der Waals surface area contributed by atoms with Gasteiger partial charge in [-0.05, 0) is 37.8 Å². The zero-order chi connectivity index (χ0) is 16.4. The Balaban J connectivity index is 1.32. The standard InChI is InChI=1S/C17H20N4O3/c22-17(14-5-1-2-8-18-14)21-9-3-4-13(10-21)23-11-15-19-16(20-24-15)12-6-7-12/h1-2,5,8,12-13H,3-4,6-7,9-11H2/t13-/m1/s1. The van der Waals surface area contributed by atoms with Crippen molar-refractivity contribution in [2.75, 3.05) is 13.1 Å². The molecule has 0 aromatic carbocycles. The van der Waals surface area contributed by atoms with Crippen LogP contribution in [-0.4, -0.2) is 45.1 Å². The lowest BCUT2D eigenvalue weighted by molar-refractivity contribution is -0.0155. The van der Waals surface area contributed by atoms with E-state index in [4.69, 9.17) is 9.26 Å². The quantitative estimate of drug-likeness (QED) is 0.836. The Kier molecular flexibility index (Phi) is 4.25. The smallest absolute Gasteiger partial charge is 0.272 e. The van der Waals surface area contributed by atoms with Crippen molar-refractivity contribution in [1.29, 1.82) is 0 Å². The van der Waals surface area contributed by atoms with Gasteiger partial charge in [0.1, 0.15) is 12.3 Å². The summed E-state index contributed by atoms with van der Waals surface area (Å²) < 4.78 is 11.1. The first-order valence-corrected chi connectivity index (χ1v) is 8.44. The molecule has 7 nitrogen and oxygen atoms in total. The molecule has 0 bridgehead atoms. The van der Waals surface area contributed by atoms with E-state index < -0.39 is 0 Å². The van der Waals surface area contributed by atoms with Crippen LogP contribution in [0.15, 0.2) is 28.9 Å². The van der Waals surface area contributed by atoms with Crippen LogP contribution in [0.2, 0.25) is 0 Å². The lowest BCUT2D eigenvalue weighted by Gasteiger charge is -2.32. The highest BCUT2D eigenvalue weighted by Crippen LogP contribution is 2.38.